The lowest BCUT2D eigenvalue weighted by Gasteiger charge is -1.96. The number of nitrogen functional groups attached to an aromatic ring is 2. The average molecular weight is 264 g/mol. The molecule has 20 heavy (non-hydrogen) atoms. The monoisotopic (exact) mass is 264 g/mol. The standard InChI is InChI=1S/C10H8N2.C6H8N2/c1-3-7-11-9(5-1)10-6-2-4-8-12-10;7-5-3-1-2-4-6(5)8/h1-8H;1-4H,7-8H2. The van der Waals surface area contributed by atoms with E-state index in [0.717, 1.165) is 11.4 Å². The lowest BCUT2D eigenvalue weighted by Crippen LogP contribution is -1.91. The zero-order valence-electron chi connectivity index (χ0n) is 11.0. The van der Waals surface area contributed by atoms with Gasteiger partial charge in [0.1, 0.15) is 0 Å². The third-order valence-electron chi connectivity index (χ3n) is 2.59. The fraction of sp³-hybridized carbons (Fsp3) is 0. The third-order valence-corrected chi connectivity index (χ3v) is 2.59. The Hall–Kier alpha value is -2.88. The van der Waals surface area contributed by atoms with Crippen molar-refractivity contribution in [3.8, 4) is 11.4 Å². The summed E-state index contributed by atoms with van der Waals surface area (Å²) in [6, 6.07) is 18.8. The number of nitrogens with two attached hydrogens (primary N) is 2. The minimum atomic E-state index is 0.646. The molecule has 4 nitrogen and oxygen atoms in total. The SMILES string of the molecule is Nc1ccccc1N.c1ccc(-c2ccccn2)nc1. The Morgan fingerprint density at radius 3 is 1.25 bits per heavy atom. The predicted molar refractivity (Wildman–Crippen MR) is 82.7 cm³/mol. The van der Waals surface area contributed by atoms with Crippen LogP contribution in [0.5, 0.6) is 0 Å². The van der Waals surface area contributed by atoms with E-state index < -0.39 is 0 Å². The van der Waals surface area contributed by atoms with Gasteiger partial charge in [-0.1, -0.05) is 24.3 Å². The number of rotatable bonds is 1. The van der Waals surface area contributed by atoms with Gasteiger partial charge in [0.25, 0.3) is 0 Å². The second-order valence-electron chi connectivity index (χ2n) is 4.06. The van der Waals surface area contributed by atoms with Crippen molar-refractivity contribution in [1.82, 2.24) is 9.97 Å². The van der Waals surface area contributed by atoms with E-state index in [1.54, 1.807) is 24.5 Å². The summed E-state index contributed by atoms with van der Waals surface area (Å²) in [5.41, 5.74) is 13.9. The van der Waals surface area contributed by atoms with Gasteiger partial charge in [-0.2, -0.15) is 0 Å². The number of hydrogen-bond donors (Lipinski definition) is 2. The molecule has 1 aromatic carbocycles. The predicted octanol–water partition coefficient (Wildman–Crippen LogP) is 2.99. The molecule has 0 aliphatic carbocycles. The zero-order chi connectivity index (χ0) is 14.2. The van der Waals surface area contributed by atoms with Crippen LogP contribution < -0.4 is 11.5 Å². The Balaban J connectivity index is 0.000000160. The number of nitrogens with zero attached hydrogens (tertiary/aromatic N) is 2. The summed E-state index contributed by atoms with van der Waals surface area (Å²) < 4.78 is 0. The van der Waals surface area contributed by atoms with E-state index >= 15 is 0 Å². The van der Waals surface area contributed by atoms with Crippen LogP contribution in [-0.4, -0.2) is 9.97 Å². The number of benzene rings is 1. The summed E-state index contributed by atoms with van der Waals surface area (Å²) in [7, 11) is 0. The van der Waals surface area contributed by atoms with Gasteiger partial charge < -0.3 is 11.5 Å². The number of para-hydroxylation sites is 2. The molecule has 0 atom stereocenters. The van der Waals surface area contributed by atoms with E-state index in [1.165, 1.54) is 0 Å². The number of pyridine rings is 2. The van der Waals surface area contributed by atoms with Crippen molar-refractivity contribution in [3.05, 3.63) is 73.1 Å². The molecule has 2 heterocycles. The molecule has 4 heteroatoms. The van der Waals surface area contributed by atoms with Crippen LogP contribution in [0.2, 0.25) is 0 Å². The second kappa shape index (κ2) is 6.89. The van der Waals surface area contributed by atoms with Gasteiger partial charge in [-0.05, 0) is 36.4 Å². The Kier molecular flexibility index (Phi) is 4.67. The van der Waals surface area contributed by atoms with E-state index in [9.17, 15) is 0 Å². The number of anilines is 2. The first-order valence-electron chi connectivity index (χ1n) is 6.20. The first-order valence-corrected chi connectivity index (χ1v) is 6.20. The summed E-state index contributed by atoms with van der Waals surface area (Å²) in [5.74, 6) is 0. The fourth-order valence-electron chi connectivity index (χ4n) is 1.54. The Morgan fingerprint density at radius 2 is 0.950 bits per heavy atom. The van der Waals surface area contributed by atoms with E-state index in [-0.39, 0.29) is 0 Å². The molecule has 0 aliphatic heterocycles. The lowest BCUT2D eigenvalue weighted by atomic mass is 10.2. The van der Waals surface area contributed by atoms with Gasteiger partial charge in [0.15, 0.2) is 0 Å². The Labute approximate surface area is 118 Å². The smallest absolute Gasteiger partial charge is 0.0886 e. The highest BCUT2D eigenvalue weighted by atomic mass is 14.7. The molecule has 3 aromatic rings. The van der Waals surface area contributed by atoms with E-state index in [1.807, 2.05) is 48.5 Å². The first-order chi connectivity index (χ1) is 9.77. The maximum Gasteiger partial charge on any atom is 0.0886 e. The van der Waals surface area contributed by atoms with E-state index in [2.05, 4.69) is 9.97 Å². The van der Waals surface area contributed by atoms with Crippen LogP contribution in [0.4, 0.5) is 11.4 Å². The molecule has 0 amide bonds. The minimum absolute atomic E-state index is 0.646. The van der Waals surface area contributed by atoms with Gasteiger partial charge in [-0.3, -0.25) is 9.97 Å². The molecule has 0 unspecified atom stereocenters. The summed E-state index contributed by atoms with van der Waals surface area (Å²) >= 11 is 0. The molecule has 0 fully saturated rings. The molecule has 100 valence electrons. The number of aromatic nitrogens is 2. The van der Waals surface area contributed by atoms with Crippen molar-refractivity contribution in [3.63, 3.8) is 0 Å². The van der Waals surface area contributed by atoms with Crippen LogP contribution >= 0.6 is 0 Å². The molecule has 2 aromatic heterocycles. The summed E-state index contributed by atoms with van der Waals surface area (Å²) in [6.45, 7) is 0. The van der Waals surface area contributed by atoms with Gasteiger partial charge in [0.05, 0.1) is 22.8 Å². The highest BCUT2D eigenvalue weighted by Gasteiger charge is 1.95. The van der Waals surface area contributed by atoms with Crippen LogP contribution in [-0.2, 0) is 0 Å². The van der Waals surface area contributed by atoms with Crippen molar-refractivity contribution >= 4 is 11.4 Å². The summed E-state index contributed by atoms with van der Waals surface area (Å²) in [5, 5.41) is 0. The van der Waals surface area contributed by atoms with Gasteiger partial charge in [0, 0.05) is 12.4 Å². The molecule has 3 rings (SSSR count). The van der Waals surface area contributed by atoms with Crippen molar-refractivity contribution in [2.45, 2.75) is 0 Å². The Morgan fingerprint density at radius 1 is 0.550 bits per heavy atom. The molecule has 0 bridgehead atoms. The molecule has 0 aliphatic rings. The van der Waals surface area contributed by atoms with Crippen molar-refractivity contribution in [1.29, 1.82) is 0 Å². The van der Waals surface area contributed by atoms with Crippen LogP contribution in [0.15, 0.2) is 73.1 Å². The molecule has 0 radical (unpaired) electrons. The quantitative estimate of drug-likeness (QED) is 0.662. The normalized spacial score (nSPS) is 9.40. The topological polar surface area (TPSA) is 77.8 Å². The fourth-order valence-corrected chi connectivity index (χ4v) is 1.54. The van der Waals surface area contributed by atoms with Crippen molar-refractivity contribution < 1.29 is 0 Å². The maximum atomic E-state index is 5.39. The van der Waals surface area contributed by atoms with Gasteiger partial charge in [0.2, 0.25) is 0 Å². The second-order valence-corrected chi connectivity index (χ2v) is 4.06. The molecular weight excluding hydrogens is 248 g/mol. The van der Waals surface area contributed by atoms with Crippen LogP contribution in [0.25, 0.3) is 11.4 Å². The largest absolute Gasteiger partial charge is 0.397 e. The highest BCUT2D eigenvalue weighted by Crippen LogP contribution is 2.11. The Bertz CT molecular complexity index is 580. The van der Waals surface area contributed by atoms with E-state index in [0.29, 0.717) is 11.4 Å². The van der Waals surface area contributed by atoms with Gasteiger partial charge in [-0.15, -0.1) is 0 Å². The zero-order valence-corrected chi connectivity index (χ0v) is 11.0. The molecule has 0 saturated carbocycles. The molecular formula is C16H16N4. The maximum absolute atomic E-state index is 5.39. The average Bonchev–Trinajstić information content (AvgIpc) is 2.53. The summed E-state index contributed by atoms with van der Waals surface area (Å²) in [4.78, 5) is 8.37. The van der Waals surface area contributed by atoms with Crippen molar-refractivity contribution in [2.75, 3.05) is 11.5 Å². The van der Waals surface area contributed by atoms with E-state index in [4.69, 9.17) is 11.5 Å². The van der Waals surface area contributed by atoms with Crippen LogP contribution in [0, 0.1) is 0 Å². The van der Waals surface area contributed by atoms with Crippen molar-refractivity contribution in [2.24, 2.45) is 0 Å². The van der Waals surface area contributed by atoms with Crippen LogP contribution in [0.3, 0.4) is 0 Å². The molecule has 0 spiro atoms. The molecule has 4 N–H and O–H groups in total. The lowest BCUT2D eigenvalue weighted by molar-refractivity contribution is 1.25. The first kappa shape index (κ1) is 13.5. The molecule has 0 saturated heterocycles. The summed E-state index contributed by atoms with van der Waals surface area (Å²) in [6.07, 6.45) is 3.54. The third kappa shape index (κ3) is 3.81. The van der Waals surface area contributed by atoms with Gasteiger partial charge in [-0.25, -0.2) is 0 Å². The van der Waals surface area contributed by atoms with Crippen LogP contribution in [0.1, 0.15) is 0 Å². The number of hydrogen-bond acceptors (Lipinski definition) is 4. The minimum Gasteiger partial charge on any atom is -0.397 e. The van der Waals surface area contributed by atoms with Gasteiger partial charge >= 0.3 is 0 Å². The highest BCUT2D eigenvalue weighted by molar-refractivity contribution is 5.62.